The first-order valence-corrected chi connectivity index (χ1v) is 12.5. The normalized spacial score (nSPS) is 27.4. The maximum absolute atomic E-state index is 13.1. The molecule has 2 heterocycles. The molecule has 2 aliphatic heterocycles. The number of amides is 2. The lowest BCUT2D eigenvalue weighted by molar-refractivity contribution is -0.140. The van der Waals surface area contributed by atoms with Crippen LogP contribution in [0.5, 0.6) is 5.75 Å². The number of carbonyl (C=O) groups excluding carboxylic acids is 2. The minimum atomic E-state index is -0.306. The van der Waals surface area contributed by atoms with Gasteiger partial charge in [0.05, 0.1) is 31.2 Å². The van der Waals surface area contributed by atoms with Crippen molar-refractivity contribution in [3.63, 3.8) is 0 Å². The predicted molar refractivity (Wildman–Crippen MR) is 129 cm³/mol. The lowest BCUT2D eigenvalue weighted by atomic mass is 9.69. The Morgan fingerprint density at radius 1 is 1.30 bits per heavy atom. The Morgan fingerprint density at radius 3 is 2.82 bits per heavy atom. The third-order valence-corrected chi connectivity index (χ3v) is 7.55. The summed E-state index contributed by atoms with van der Waals surface area (Å²) in [5.74, 6) is -0.451. The van der Waals surface area contributed by atoms with Gasteiger partial charge in [0.2, 0.25) is 11.8 Å². The Labute approximate surface area is 203 Å². The number of nitrogens with zero attached hydrogens (tertiary/aromatic N) is 1. The number of allylic oxidation sites excluding steroid dienone is 1. The summed E-state index contributed by atoms with van der Waals surface area (Å²) in [6, 6.07) is 5.38. The molecule has 1 N–H and O–H groups in total. The van der Waals surface area contributed by atoms with E-state index in [4.69, 9.17) is 9.47 Å². The molecule has 0 spiro atoms. The van der Waals surface area contributed by atoms with Crippen LogP contribution in [0, 0.1) is 17.8 Å². The number of aromatic hydroxyl groups is 1. The van der Waals surface area contributed by atoms with E-state index in [1.54, 1.807) is 13.2 Å². The van der Waals surface area contributed by atoms with E-state index >= 15 is 0 Å². The third-order valence-electron chi connectivity index (χ3n) is 7.06. The number of benzene rings is 1. The summed E-state index contributed by atoms with van der Waals surface area (Å²) in [6.07, 6.45) is 4.85. The minimum Gasteiger partial charge on any atom is -0.507 e. The molecule has 0 saturated carbocycles. The summed E-state index contributed by atoms with van der Waals surface area (Å²) in [5.41, 5.74) is 4.21. The molecule has 1 aromatic rings. The number of phenolic OH excluding ortho intramolecular Hbond substituents is 1. The van der Waals surface area contributed by atoms with Crippen molar-refractivity contribution < 1.29 is 24.2 Å². The van der Waals surface area contributed by atoms with Crippen LogP contribution in [-0.2, 0) is 19.1 Å². The quantitative estimate of drug-likeness (QED) is 0.399. The number of halogens is 1. The zero-order valence-electron chi connectivity index (χ0n) is 19.5. The van der Waals surface area contributed by atoms with Crippen molar-refractivity contribution in [3.8, 4) is 5.75 Å². The number of carbonyl (C=O) groups is 2. The van der Waals surface area contributed by atoms with Crippen LogP contribution in [0.15, 0.2) is 39.4 Å². The van der Waals surface area contributed by atoms with Gasteiger partial charge in [0.1, 0.15) is 5.75 Å². The summed E-state index contributed by atoms with van der Waals surface area (Å²) < 4.78 is 12.6. The number of ether oxygens (including phenoxy) is 2. The summed E-state index contributed by atoms with van der Waals surface area (Å²) in [5, 5.41) is 10.1. The maximum Gasteiger partial charge on any atom is 0.233 e. The Hall–Kier alpha value is -1.96. The average Bonchev–Trinajstić information content (AvgIpc) is 3.30. The Kier molecular flexibility index (Phi) is 7.41. The molecule has 7 heteroatoms. The molecule has 0 aromatic heterocycles. The molecule has 33 heavy (non-hydrogen) atoms. The SMILES string of the molecule is CCCN1C(=O)[C@@H]2[C@@H](CC(COC)=C3[C@@H](CC/C(C)=C/c4cc(Br)ccc4O)OC[C@@H]32)C1=O. The smallest absolute Gasteiger partial charge is 0.233 e. The van der Waals surface area contributed by atoms with Crippen LogP contribution in [0.1, 0.15) is 45.1 Å². The molecule has 2 fully saturated rings. The van der Waals surface area contributed by atoms with Gasteiger partial charge in [0.25, 0.3) is 0 Å². The van der Waals surface area contributed by atoms with Gasteiger partial charge in [0.15, 0.2) is 0 Å². The van der Waals surface area contributed by atoms with Crippen molar-refractivity contribution in [2.45, 2.75) is 45.6 Å². The fourth-order valence-electron chi connectivity index (χ4n) is 5.63. The molecule has 3 aliphatic rings. The van der Waals surface area contributed by atoms with E-state index in [-0.39, 0.29) is 41.4 Å². The first-order valence-electron chi connectivity index (χ1n) is 11.7. The second kappa shape index (κ2) is 10.1. The van der Waals surface area contributed by atoms with Gasteiger partial charge < -0.3 is 14.6 Å². The van der Waals surface area contributed by atoms with E-state index in [9.17, 15) is 14.7 Å². The number of fused-ring (bicyclic) bond motifs is 3. The first kappa shape index (κ1) is 24.2. The van der Waals surface area contributed by atoms with Crippen molar-refractivity contribution in [1.82, 2.24) is 4.90 Å². The summed E-state index contributed by atoms with van der Waals surface area (Å²) in [4.78, 5) is 27.6. The van der Waals surface area contributed by atoms with Crippen molar-refractivity contribution >= 4 is 33.8 Å². The van der Waals surface area contributed by atoms with E-state index in [1.165, 1.54) is 10.5 Å². The standard InChI is InChI=1S/C26H32BrNO5/c1-4-9-28-25(30)19-12-17(13-32-3)23-20(24(19)26(28)31)14-33-22(23)8-5-15(2)10-16-11-18(27)6-7-21(16)29/h6-7,10-11,19-20,22,24,29H,4-5,8-9,12-14H2,1-3H3/b15-10+/t19-,20+,22-,24-/m1/s1. The van der Waals surface area contributed by atoms with E-state index < -0.39 is 0 Å². The van der Waals surface area contributed by atoms with Crippen LogP contribution in [0.2, 0.25) is 0 Å². The summed E-state index contributed by atoms with van der Waals surface area (Å²) >= 11 is 3.45. The molecule has 4 atom stereocenters. The molecular formula is C26H32BrNO5. The average molecular weight is 518 g/mol. The van der Waals surface area contributed by atoms with Crippen molar-refractivity contribution in [2.75, 3.05) is 26.9 Å². The van der Waals surface area contributed by atoms with Crippen LogP contribution in [0.3, 0.4) is 0 Å². The molecule has 0 radical (unpaired) electrons. The van der Waals surface area contributed by atoms with Crippen molar-refractivity contribution in [1.29, 1.82) is 0 Å². The van der Waals surface area contributed by atoms with Crippen LogP contribution in [0.4, 0.5) is 0 Å². The molecular weight excluding hydrogens is 486 g/mol. The number of likely N-dealkylation sites (tertiary alicyclic amines) is 1. The van der Waals surface area contributed by atoms with E-state index in [0.29, 0.717) is 26.2 Å². The topological polar surface area (TPSA) is 76.1 Å². The van der Waals surface area contributed by atoms with Gasteiger partial charge in [-0.15, -0.1) is 0 Å². The predicted octanol–water partition coefficient (Wildman–Crippen LogP) is 4.71. The fourth-order valence-corrected chi connectivity index (χ4v) is 6.01. The first-order chi connectivity index (χ1) is 15.8. The molecule has 0 unspecified atom stereocenters. The van der Waals surface area contributed by atoms with Gasteiger partial charge in [-0.1, -0.05) is 34.5 Å². The lowest BCUT2D eigenvalue weighted by Gasteiger charge is -2.31. The molecule has 1 aromatic carbocycles. The zero-order valence-corrected chi connectivity index (χ0v) is 21.1. The molecule has 4 rings (SSSR count). The van der Waals surface area contributed by atoms with Crippen molar-refractivity contribution in [2.24, 2.45) is 17.8 Å². The van der Waals surface area contributed by atoms with Crippen LogP contribution in [0.25, 0.3) is 6.08 Å². The summed E-state index contributed by atoms with van der Waals surface area (Å²) in [7, 11) is 1.67. The molecule has 2 saturated heterocycles. The molecule has 6 nitrogen and oxygen atoms in total. The van der Waals surface area contributed by atoms with E-state index in [0.717, 1.165) is 40.4 Å². The zero-order chi connectivity index (χ0) is 23.7. The number of methoxy groups -OCH3 is 1. The van der Waals surface area contributed by atoms with Gasteiger partial charge >= 0.3 is 0 Å². The third kappa shape index (κ3) is 4.68. The molecule has 178 valence electrons. The Bertz CT molecular complexity index is 1000. The molecule has 2 amide bonds. The second-order valence-electron chi connectivity index (χ2n) is 9.32. The highest BCUT2D eigenvalue weighted by Crippen LogP contribution is 2.49. The highest BCUT2D eigenvalue weighted by atomic mass is 79.9. The van der Waals surface area contributed by atoms with Gasteiger partial charge in [-0.05, 0) is 62.0 Å². The number of hydrogen-bond acceptors (Lipinski definition) is 5. The van der Waals surface area contributed by atoms with Crippen LogP contribution < -0.4 is 0 Å². The number of imide groups is 1. The number of phenols is 1. The van der Waals surface area contributed by atoms with Gasteiger partial charge in [-0.25, -0.2) is 0 Å². The lowest BCUT2D eigenvalue weighted by Crippen LogP contribution is -2.35. The number of hydrogen-bond donors (Lipinski definition) is 1. The summed E-state index contributed by atoms with van der Waals surface area (Å²) in [6.45, 7) is 5.47. The highest BCUT2D eigenvalue weighted by molar-refractivity contribution is 9.10. The fraction of sp³-hybridized carbons (Fsp3) is 0.538. The van der Waals surface area contributed by atoms with Crippen LogP contribution in [-0.4, -0.2) is 54.8 Å². The Balaban J connectivity index is 1.53. The Morgan fingerprint density at radius 2 is 2.09 bits per heavy atom. The number of rotatable bonds is 8. The monoisotopic (exact) mass is 517 g/mol. The van der Waals surface area contributed by atoms with Crippen LogP contribution >= 0.6 is 15.9 Å². The van der Waals surface area contributed by atoms with E-state index in [2.05, 4.69) is 22.9 Å². The highest BCUT2D eigenvalue weighted by Gasteiger charge is 2.56. The molecule has 0 bridgehead atoms. The van der Waals surface area contributed by atoms with Gasteiger partial charge in [-0.3, -0.25) is 14.5 Å². The molecule has 1 aliphatic carbocycles. The minimum absolute atomic E-state index is 0.0312. The van der Waals surface area contributed by atoms with Gasteiger partial charge in [-0.2, -0.15) is 0 Å². The maximum atomic E-state index is 13.1. The van der Waals surface area contributed by atoms with E-state index in [1.807, 2.05) is 25.1 Å². The van der Waals surface area contributed by atoms with Crippen molar-refractivity contribution in [3.05, 3.63) is 45.0 Å². The largest absolute Gasteiger partial charge is 0.507 e. The van der Waals surface area contributed by atoms with Gasteiger partial charge in [0, 0.05) is 29.6 Å². The second-order valence-corrected chi connectivity index (χ2v) is 10.2.